The Bertz CT molecular complexity index is 404. The molecule has 0 aliphatic rings. The van der Waals surface area contributed by atoms with Crippen molar-refractivity contribution in [1.82, 2.24) is 5.32 Å². The van der Waals surface area contributed by atoms with Gasteiger partial charge in [-0.1, -0.05) is 11.6 Å². The fourth-order valence-electron chi connectivity index (χ4n) is 0.931. The van der Waals surface area contributed by atoms with Gasteiger partial charge >= 0.3 is 0 Å². The first kappa shape index (κ1) is 15.2. The first-order valence-corrected chi connectivity index (χ1v) is 5.29. The standard InChI is InChI=1S/C9H11ClN2O.C2H4O2/c1-2-12-9(13)6-3-4-8(11)7(10)5-6;1-2(3)4/h3-5H,2,11H2,1H3,(H,12,13);1H3,(H,3,4). The normalized spacial score (nSPS) is 8.88. The highest BCUT2D eigenvalue weighted by Crippen LogP contribution is 2.19. The minimum absolute atomic E-state index is 0.135. The topological polar surface area (TPSA) is 92.4 Å². The van der Waals surface area contributed by atoms with Crippen molar-refractivity contribution in [2.24, 2.45) is 0 Å². The van der Waals surface area contributed by atoms with Crippen LogP contribution in [0.25, 0.3) is 0 Å². The molecule has 6 heteroatoms. The molecule has 5 nitrogen and oxygen atoms in total. The number of rotatable bonds is 2. The summed E-state index contributed by atoms with van der Waals surface area (Å²) in [5.74, 6) is -0.968. The number of hydrogen-bond acceptors (Lipinski definition) is 3. The number of hydrogen-bond donors (Lipinski definition) is 3. The molecule has 0 unspecified atom stereocenters. The number of anilines is 1. The third-order valence-corrected chi connectivity index (χ3v) is 1.93. The Labute approximate surface area is 105 Å². The number of carbonyl (C=O) groups excluding carboxylic acids is 1. The molecule has 17 heavy (non-hydrogen) atoms. The van der Waals surface area contributed by atoms with E-state index in [-0.39, 0.29) is 5.91 Å². The van der Waals surface area contributed by atoms with Crippen LogP contribution in [0.4, 0.5) is 5.69 Å². The Hall–Kier alpha value is -1.75. The van der Waals surface area contributed by atoms with Crippen LogP contribution in [0.1, 0.15) is 24.2 Å². The maximum Gasteiger partial charge on any atom is 0.300 e. The molecule has 0 aromatic heterocycles. The van der Waals surface area contributed by atoms with Crippen LogP contribution in [0.2, 0.25) is 5.02 Å². The van der Waals surface area contributed by atoms with Gasteiger partial charge in [0.15, 0.2) is 0 Å². The predicted molar refractivity (Wildman–Crippen MR) is 67.2 cm³/mol. The summed E-state index contributed by atoms with van der Waals surface area (Å²) in [6.07, 6.45) is 0. The smallest absolute Gasteiger partial charge is 0.300 e. The summed E-state index contributed by atoms with van der Waals surface area (Å²) in [5.41, 5.74) is 6.51. The van der Waals surface area contributed by atoms with Crippen molar-refractivity contribution in [2.75, 3.05) is 12.3 Å². The van der Waals surface area contributed by atoms with E-state index in [1.165, 1.54) is 0 Å². The number of amides is 1. The molecule has 0 fully saturated rings. The molecule has 0 spiro atoms. The molecule has 0 heterocycles. The lowest BCUT2D eigenvalue weighted by Crippen LogP contribution is -2.22. The van der Waals surface area contributed by atoms with Gasteiger partial charge in [-0.15, -0.1) is 0 Å². The predicted octanol–water partition coefficient (Wildman–Crippen LogP) is 1.76. The minimum Gasteiger partial charge on any atom is -0.481 e. The van der Waals surface area contributed by atoms with Crippen LogP contribution in [-0.4, -0.2) is 23.5 Å². The fourth-order valence-corrected chi connectivity index (χ4v) is 1.11. The molecule has 94 valence electrons. The highest BCUT2D eigenvalue weighted by atomic mass is 35.5. The van der Waals surface area contributed by atoms with Gasteiger partial charge in [-0.25, -0.2) is 0 Å². The summed E-state index contributed by atoms with van der Waals surface area (Å²) in [4.78, 5) is 20.3. The molecule has 0 bridgehead atoms. The molecule has 1 rings (SSSR count). The van der Waals surface area contributed by atoms with Crippen molar-refractivity contribution in [3.8, 4) is 0 Å². The van der Waals surface area contributed by atoms with Gasteiger partial charge in [0.2, 0.25) is 0 Å². The van der Waals surface area contributed by atoms with Crippen molar-refractivity contribution in [3.05, 3.63) is 28.8 Å². The van der Waals surface area contributed by atoms with Crippen LogP contribution >= 0.6 is 11.6 Å². The molecule has 0 radical (unpaired) electrons. The average molecular weight is 259 g/mol. The number of nitrogen functional groups attached to an aromatic ring is 1. The Kier molecular flexibility index (Phi) is 6.74. The lowest BCUT2D eigenvalue weighted by molar-refractivity contribution is -0.134. The zero-order chi connectivity index (χ0) is 13.4. The van der Waals surface area contributed by atoms with Crippen LogP contribution in [-0.2, 0) is 4.79 Å². The monoisotopic (exact) mass is 258 g/mol. The van der Waals surface area contributed by atoms with E-state index in [1.54, 1.807) is 18.2 Å². The van der Waals surface area contributed by atoms with E-state index in [4.69, 9.17) is 27.2 Å². The molecule has 0 aliphatic heterocycles. The molecule has 1 aromatic carbocycles. The van der Waals surface area contributed by atoms with Gasteiger partial charge in [0.25, 0.3) is 11.9 Å². The number of nitrogens with one attached hydrogen (secondary N) is 1. The van der Waals surface area contributed by atoms with Crippen molar-refractivity contribution in [3.63, 3.8) is 0 Å². The summed E-state index contributed by atoms with van der Waals surface area (Å²) in [6, 6.07) is 4.82. The molecule has 0 atom stereocenters. The molecular formula is C11H15ClN2O3. The Morgan fingerprint density at radius 1 is 1.47 bits per heavy atom. The number of nitrogens with two attached hydrogens (primary N) is 1. The van der Waals surface area contributed by atoms with E-state index in [0.29, 0.717) is 22.8 Å². The van der Waals surface area contributed by atoms with Crippen molar-refractivity contribution in [2.45, 2.75) is 13.8 Å². The van der Waals surface area contributed by atoms with E-state index in [1.807, 2.05) is 6.92 Å². The second-order valence-corrected chi connectivity index (χ2v) is 3.52. The largest absolute Gasteiger partial charge is 0.481 e. The van der Waals surface area contributed by atoms with Crippen LogP contribution in [0.3, 0.4) is 0 Å². The molecule has 0 saturated heterocycles. The van der Waals surface area contributed by atoms with E-state index >= 15 is 0 Å². The maximum atomic E-state index is 11.3. The van der Waals surface area contributed by atoms with Gasteiger partial charge in [0, 0.05) is 19.0 Å². The molecular weight excluding hydrogens is 244 g/mol. The number of aliphatic carboxylic acids is 1. The Morgan fingerprint density at radius 2 is 2.00 bits per heavy atom. The summed E-state index contributed by atoms with van der Waals surface area (Å²) >= 11 is 5.75. The van der Waals surface area contributed by atoms with Crippen molar-refractivity contribution in [1.29, 1.82) is 0 Å². The molecule has 1 aromatic rings. The Balaban J connectivity index is 0.000000557. The third-order valence-electron chi connectivity index (χ3n) is 1.60. The number of carboxylic acids is 1. The number of carboxylic acid groups (broad SMARTS) is 1. The fraction of sp³-hybridized carbons (Fsp3) is 0.273. The van der Waals surface area contributed by atoms with Gasteiger partial charge < -0.3 is 16.2 Å². The second kappa shape index (κ2) is 7.51. The molecule has 0 saturated carbocycles. The summed E-state index contributed by atoms with van der Waals surface area (Å²) < 4.78 is 0. The van der Waals surface area contributed by atoms with E-state index in [0.717, 1.165) is 6.92 Å². The highest BCUT2D eigenvalue weighted by Gasteiger charge is 2.05. The first-order chi connectivity index (χ1) is 7.88. The number of halogens is 1. The maximum absolute atomic E-state index is 11.3. The average Bonchev–Trinajstić information content (AvgIpc) is 2.21. The molecule has 4 N–H and O–H groups in total. The van der Waals surface area contributed by atoms with Gasteiger partial charge in [-0.2, -0.15) is 0 Å². The van der Waals surface area contributed by atoms with Gasteiger partial charge in [-0.3, -0.25) is 9.59 Å². The minimum atomic E-state index is -0.833. The molecule has 0 aliphatic carbocycles. The van der Waals surface area contributed by atoms with Crippen LogP contribution < -0.4 is 11.1 Å². The van der Waals surface area contributed by atoms with Gasteiger partial charge in [0.05, 0.1) is 10.7 Å². The SMILES string of the molecule is CC(=O)O.CCNC(=O)c1ccc(N)c(Cl)c1. The van der Waals surface area contributed by atoms with Crippen molar-refractivity contribution < 1.29 is 14.7 Å². The van der Waals surface area contributed by atoms with E-state index < -0.39 is 5.97 Å². The second-order valence-electron chi connectivity index (χ2n) is 3.11. The zero-order valence-electron chi connectivity index (χ0n) is 9.66. The Morgan fingerprint density at radius 3 is 2.41 bits per heavy atom. The van der Waals surface area contributed by atoms with Gasteiger partial charge in [-0.05, 0) is 25.1 Å². The highest BCUT2D eigenvalue weighted by molar-refractivity contribution is 6.33. The number of carbonyl (C=O) groups is 2. The van der Waals surface area contributed by atoms with Crippen LogP contribution in [0.5, 0.6) is 0 Å². The van der Waals surface area contributed by atoms with E-state index in [9.17, 15) is 4.79 Å². The van der Waals surface area contributed by atoms with Crippen molar-refractivity contribution >= 4 is 29.2 Å². The zero-order valence-corrected chi connectivity index (χ0v) is 10.4. The first-order valence-electron chi connectivity index (χ1n) is 4.91. The molecule has 1 amide bonds. The van der Waals surface area contributed by atoms with Gasteiger partial charge in [0.1, 0.15) is 0 Å². The number of benzene rings is 1. The third kappa shape index (κ3) is 6.42. The van der Waals surface area contributed by atoms with Crippen LogP contribution in [0.15, 0.2) is 18.2 Å². The van der Waals surface area contributed by atoms with E-state index in [2.05, 4.69) is 5.32 Å². The summed E-state index contributed by atoms with van der Waals surface area (Å²) in [6.45, 7) is 3.54. The summed E-state index contributed by atoms with van der Waals surface area (Å²) in [5, 5.41) is 10.5. The lowest BCUT2D eigenvalue weighted by atomic mass is 10.2. The van der Waals surface area contributed by atoms with Crippen LogP contribution in [0, 0.1) is 0 Å². The quantitative estimate of drug-likeness (QED) is 0.705. The summed E-state index contributed by atoms with van der Waals surface area (Å²) in [7, 11) is 0. The lowest BCUT2D eigenvalue weighted by Gasteiger charge is -2.03.